The van der Waals surface area contributed by atoms with E-state index in [4.69, 9.17) is 5.73 Å². The monoisotopic (exact) mass is 226 g/mol. The Kier molecular flexibility index (Phi) is 2.14. The van der Waals surface area contributed by atoms with Crippen LogP contribution in [0.15, 0.2) is 36.7 Å². The fourth-order valence-electron chi connectivity index (χ4n) is 2.15. The molecule has 0 saturated carbocycles. The number of aryl methyl sites for hydroxylation is 1. The fourth-order valence-corrected chi connectivity index (χ4v) is 2.15. The molecule has 0 amide bonds. The Labute approximate surface area is 99.1 Å². The first-order chi connectivity index (χ1) is 8.25. The minimum absolute atomic E-state index is 0.748. The molecule has 0 aliphatic rings. The molecule has 3 rings (SSSR count). The predicted octanol–water partition coefficient (Wildman–Crippen LogP) is 2.07. The smallest absolute Gasteiger partial charge is 0.0736 e. The van der Waals surface area contributed by atoms with Gasteiger partial charge in [-0.25, -0.2) is 0 Å². The number of nitrogens with one attached hydrogen (secondary N) is 1. The summed E-state index contributed by atoms with van der Waals surface area (Å²) in [6.07, 6.45) is 4.54. The zero-order chi connectivity index (χ0) is 11.8. The highest BCUT2D eigenvalue weighted by molar-refractivity contribution is 5.83. The third kappa shape index (κ3) is 1.58. The summed E-state index contributed by atoms with van der Waals surface area (Å²) in [5.74, 6) is 0. The van der Waals surface area contributed by atoms with Crippen molar-refractivity contribution in [2.45, 2.75) is 6.42 Å². The maximum atomic E-state index is 5.91. The number of rotatable bonds is 2. The van der Waals surface area contributed by atoms with Gasteiger partial charge in [-0.1, -0.05) is 18.2 Å². The molecule has 3 aromatic rings. The summed E-state index contributed by atoms with van der Waals surface area (Å²) in [5.41, 5.74) is 10.1. The van der Waals surface area contributed by atoms with Gasteiger partial charge in [0.15, 0.2) is 0 Å². The topological polar surface area (TPSA) is 59.6 Å². The lowest BCUT2D eigenvalue weighted by molar-refractivity contribution is 0.726. The van der Waals surface area contributed by atoms with Gasteiger partial charge in [-0.15, -0.1) is 0 Å². The van der Waals surface area contributed by atoms with Crippen molar-refractivity contribution in [1.82, 2.24) is 14.8 Å². The van der Waals surface area contributed by atoms with Crippen LogP contribution < -0.4 is 5.73 Å². The molecule has 0 aliphatic carbocycles. The summed E-state index contributed by atoms with van der Waals surface area (Å²) in [4.78, 5) is 3.27. The number of anilines is 1. The number of benzene rings is 1. The van der Waals surface area contributed by atoms with Gasteiger partial charge >= 0.3 is 0 Å². The zero-order valence-corrected chi connectivity index (χ0v) is 9.64. The van der Waals surface area contributed by atoms with Gasteiger partial charge in [0.1, 0.15) is 0 Å². The first kappa shape index (κ1) is 9.96. The van der Waals surface area contributed by atoms with E-state index >= 15 is 0 Å². The number of para-hydroxylation sites is 1. The van der Waals surface area contributed by atoms with Crippen molar-refractivity contribution in [3.8, 4) is 0 Å². The van der Waals surface area contributed by atoms with Gasteiger partial charge in [-0.2, -0.15) is 5.10 Å². The third-order valence-electron chi connectivity index (χ3n) is 3.13. The molecule has 1 aromatic carbocycles. The van der Waals surface area contributed by atoms with Crippen LogP contribution in [-0.2, 0) is 13.5 Å². The van der Waals surface area contributed by atoms with E-state index in [0.717, 1.165) is 23.3 Å². The zero-order valence-electron chi connectivity index (χ0n) is 9.64. The first-order valence-electron chi connectivity index (χ1n) is 5.57. The second-order valence-corrected chi connectivity index (χ2v) is 4.21. The maximum absolute atomic E-state index is 5.91. The van der Waals surface area contributed by atoms with Crippen LogP contribution in [0.25, 0.3) is 10.9 Å². The van der Waals surface area contributed by atoms with Crippen LogP contribution in [0.4, 0.5) is 5.69 Å². The molecule has 0 spiro atoms. The number of nitrogens with two attached hydrogens (primary N) is 1. The van der Waals surface area contributed by atoms with E-state index in [0.29, 0.717) is 0 Å². The van der Waals surface area contributed by atoms with Crippen LogP contribution in [0, 0.1) is 0 Å². The van der Waals surface area contributed by atoms with E-state index in [9.17, 15) is 0 Å². The number of aromatic nitrogens is 3. The van der Waals surface area contributed by atoms with Gasteiger partial charge < -0.3 is 10.7 Å². The van der Waals surface area contributed by atoms with Crippen LogP contribution in [-0.4, -0.2) is 14.8 Å². The Morgan fingerprint density at radius 3 is 2.94 bits per heavy atom. The molecule has 0 aliphatic heterocycles. The number of hydrogen-bond donors (Lipinski definition) is 2. The lowest BCUT2D eigenvalue weighted by Crippen LogP contribution is -2.01. The van der Waals surface area contributed by atoms with Crippen molar-refractivity contribution in [3.63, 3.8) is 0 Å². The highest BCUT2D eigenvalue weighted by atomic mass is 15.3. The molecule has 0 fully saturated rings. The van der Waals surface area contributed by atoms with E-state index < -0.39 is 0 Å². The number of hydrogen-bond acceptors (Lipinski definition) is 2. The highest BCUT2D eigenvalue weighted by Crippen LogP contribution is 2.22. The summed E-state index contributed by atoms with van der Waals surface area (Å²) >= 11 is 0. The number of nitrogens with zero attached hydrogens (tertiary/aromatic N) is 2. The molecule has 2 aromatic heterocycles. The normalized spacial score (nSPS) is 11.1. The van der Waals surface area contributed by atoms with E-state index in [1.807, 2.05) is 30.1 Å². The van der Waals surface area contributed by atoms with Gasteiger partial charge in [0.05, 0.1) is 17.6 Å². The molecule has 0 atom stereocenters. The summed E-state index contributed by atoms with van der Waals surface area (Å²) < 4.78 is 1.83. The Morgan fingerprint density at radius 1 is 1.35 bits per heavy atom. The SMILES string of the molecule is Cn1ncc(N)c1Cc1c[nH]c2ccccc12. The average molecular weight is 226 g/mol. The molecule has 4 nitrogen and oxygen atoms in total. The van der Waals surface area contributed by atoms with Gasteiger partial charge in [0, 0.05) is 30.6 Å². The highest BCUT2D eigenvalue weighted by Gasteiger charge is 2.09. The van der Waals surface area contributed by atoms with Crippen molar-refractivity contribution < 1.29 is 0 Å². The quantitative estimate of drug-likeness (QED) is 0.702. The first-order valence-corrected chi connectivity index (χ1v) is 5.57. The van der Waals surface area contributed by atoms with Crippen LogP contribution in [0.1, 0.15) is 11.3 Å². The second-order valence-electron chi connectivity index (χ2n) is 4.21. The maximum Gasteiger partial charge on any atom is 0.0736 e. The van der Waals surface area contributed by atoms with Crippen molar-refractivity contribution in [2.24, 2.45) is 7.05 Å². The molecule has 0 radical (unpaired) electrons. The number of aromatic amines is 1. The Hall–Kier alpha value is -2.23. The van der Waals surface area contributed by atoms with Crippen molar-refractivity contribution >= 4 is 16.6 Å². The Balaban J connectivity index is 2.06. The van der Waals surface area contributed by atoms with Crippen LogP contribution in [0.3, 0.4) is 0 Å². The van der Waals surface area contributed by atoms with Crippen LogP contribution in [0.2, 0.25) is 0 Å². The van der Waals surface area contributed by atoms with E-state index in [-0.39, 0.29) is 0 Å². The number of nitrogen functional groups attached to an aromatic ring is 1. The summed E-state index contributed by atoms with van der Waals surface area (Å²) in [5, 5.41) is 5.40. The van der Waals surface area contributed by atoms with E-state index in [2.05, 4.69) is 22.2 Å². The van der Waals surface area contributed by atoms with Gasteiger partial charge in [0.2, 0.25) is 0 Å². The molecule has 0 saturated heterocycles. The lowest BCUT2D eigenvalue weighted by Gasteiger charge is -2.02. The van der Waals surface area contributed by atoms with Gasteiger partial charge in [0.25, 0.3) is 0 Å². The van der Waals surface area contributed by atoms with Crippen LogP contribution >= 0.6 is 0 Å². The Morgan fingerprint density at radius 2 is 2.18 bits per heavy atom. The van der Waals surface area contributed by atoms with E-state index in [1.54, 1.807) is 6.20 Å². The summed E-state index contributed by atoms with van der Waals surface area (Å²) in [7, 11) is 1.92. The van der Waals surface area contributed by atoms with Crippen molar-refractivity contribution in [3.05, 3.63) is 47.9 Å². The standard InChI is InChI=1S/C13H14N4/c1-17-13(11(14)8-16-17)6-9-7-15-12-5-3-2-4-10(9)12/h2-5,7-8,15H,6,14H2,1H3. The molecule has 17 heavy (non-hydrogen) atoms. The fraction of sp³-hybridized carbons (Fsp3) is 0.154. The molecule has 2 heterocycles. The molecule has 0 unspecified atom stereocenters. The number of fused-ring (bicyclic) bond motifs is 1. The molecule has 3 N–H and O–H groups in total. The molecular formula is C13H14N4. The van der Waals surface area contributed by atoms with Gasteiger partial charge in [-0.05, 0) is 11.6 Å². The summed E-state index contributed by atoms with van der Waals surface area (Å²) in [6.45, 7) is 0. The third-order valence-corrected chi connectivity index (χ3v) is 3.13. The molecular weight excluding hydrogens is 212 g/mol. The van der Waals surface area contributed by atoms with Crippen molar-refractivity contribution in [2.75, 3.05) is 5.73 Å². The largest absolute Gasteiger partial charge is 0.396 e. The minimum atomic E-state index is 0.748. The summed E-state index contributed by atoms with van der Waals surface area (Å²) in [6, 6.07) is 8.27. The lowest BCUT2D eigenvalue weighted by atomic mass is 10.1. The van der Waals surface area contributed by atoms with E-state index in [1.165, 1.54) is 10.9 Å². The predicted molar refractivity (Wildman–Crippen MR) is 68.7 cm³/mol. The number of H-pyrrole nitrogens is 1. The van der Waals surface area contributed by atoms with Gasteiger partial charge in [-0.3, -0.25) is 4.68 Å². The average Bonchev–Trinajstić information content (AvgIpc) is 2.88. The minimum Gasteiger partial charge on any atom is -0.396 e. The Bertz CT molecular complexity index is 643. The van der Waals surface area contributed by atoms with Crippen LogP contribution in [0.5, 0.6) is 0 Å². The molecule has 0 bridgehead atoms. The molecule has 4 heteroatoms. The second kappa shape index (κ2) is 3.66. The molecule has 86 valence electrons. The van der Waals surface area contributed by atoms with Crippen molar-refractivity contribution in [1.29, 1.82) is 0 Å².